The molecule has 2 N–H and O–H groups in total. The molecule has 0 aliphatic carbocycles. The highest BCUT2D eigenvalue weighted by atomic mass is 32.2. The van der Waals surface area contributed by atoms with Crippen LogP contribution < -0.4 is 5.14 Å². The Morgan fingerprint density at radius 2 is 2.05 bits per heavy atom. The van der Waals surface area contributed by atoms with E-state index in [-0.39, 0.29) is 16.6 Å². The van der Waals surface area contributed by atoms with Gasteiger partial charge in [0.25, 0.3) is 0 Å². The van der Waals surface area contributed by atoms with Crippen molar-refractivity contribution in [1.82, 2.24) is 0 Å². The molecular weight excluding hydrogens is 285 g/mol. The van der Waals surface area contributed by atoms with Crippen molar-refractivity contribution in [2.45, 2.75) is 44.6 Å². The number of hydrogen-bond acceptors (Lipinski definition) is 4. The summed E-state index contributed by atoms with van der Waals surface area (Å²) in [5.74, 6) is -1.69. The van der Waals surface area contributed by atoms with Crippen LogP contribution in [-0.2, 0) is 14.8 Å². The van der Waals surface area contributed by atoms with Gasteiger partial charge in [-0.05, 0) is 38.0 Å². The van der Waals surface area contributed by atoms with Gasteiger partial charge in [0, 0.05) is 0 Å². The van der Waals surface area contributed by atoms with E-state index in [0.29, 0.717) is 6.42 Å². The normalized spacial score (nSPS) is 13.1. The van der Waals surface area contributed by atoms with Crippen LogP contribution in [-0.4, -0.2) is 20.5 Å². The van der Waals surface area contributed by atoms with E-state index in [0.717, 1.165) is 18.6 Å². The van der Waals surface area contributed by atoms with Crippen LogP contribution in [0.1, 0.15) is 42.6 Å². The molecular formula is C13H18FNO4S. The van der Waals surface area contributed by atoms with Gasteiger partial charge in [0.15, 0.2) is 0 Å². The number of ether oxygens (including phenoxy) is 1. The van der Waals surface area contributed by atoms with Gasteiger partial charge in [0.1, 0.15) is 5.82 Å². The van der Waals surface area contributed by atoms with Crippen molar-refractivity contribution in [2.24, 2.45) is 5.14 Å². The number of nitrogens with two attached hydrogens (primary N) is 1. The fourth-order valence-electron chi connectivity index (χ4n) is 1.76. The van der Waals surface area contributed by atoms with Gasteiger partial charge < -0.3 is 4.74 Å². The van der Waals surface area contributed by atoms with E-state index < -0.39 is 27.4 Å². The first-order valence-corrected chi connectivity index (χ1v) is 7.75. The van der Waals surface area contributed by atoms with Crippen molar-refractivity contribution in [3.63, 3.8) is 0 Å². The number of aryl methyl sites for hydroxylation is 1. The predicted molar refractivity (Wildman–Crippen MR) is 72.3 cm³/mol. The fraction of sp³-hybridized carbons (Fsp3) is 0.462. The number of halogens is 1. The molecule has 112 valence electrons. The van der Waals surface area contributed by atoms with Crippen molar-refractivity contribution < 1.29 is 22.3 Å². The lowest BCUT2D eigenvalue weighted by atomic mass is 10.1. The van der Waals surface area contributed by atoms with Gasteiger partial charge in [-0.1, -0.05) is 13.3 Å². The second-order valence-corrected chi connectivity index (χ2v) is 6.21. The van der Waals surface area contributed by atoms with Crippen LogP contribution in [0.4, 0.5) is 4.39 Å². The Bertz CT molecular complexity index is 613. The Morgan fingerprint density at radius 1 is 1.45 bits per heavy atom. The smallest absolute Gasteiger partial charge is 0.341 e. The lowest BCUT2D eigenvalue weighted by molar-refractivity contribution is 0.0317. The van der Waals surface area contributed by atoms with Gasteiger partial charge in [-0.2, -0.15) is 0 Å². The molecule has 1 unspecified atom stereocenters. The molecule has 0 saturated heterocycles. The molecule has 5 nitrogen and oxygen atoms in total. The quantitative estimate of drug-likeness (QED) is 0.844. The molecule has 7 heteroatoms. The monoisotopic (exact) mass is 303 g/mol. The van der Waals surface area contributed by atoms with E-state index in [1.807, 2.05) is 6.92 Å². The Morgan fingerprint density at radius 3 is 2.55 bits per heavy atom. The van der Waals surface area contributed by atoms with Gasteiger partial charge in [-0.15, -0.1) is 0 Å². The number of sulfonamides is 1. The maximum Gasteiger partial charge on any atom is 0.341 e. The largest absolute Gasteiger partial charge is 0.459 e. The van der Waals surface area contributed by atoms with Crippen LogP contribution in [0.15, 0.2) is 17.0 Å². The summed E-state index contributed by atoms with van der Waals surface area (Å²) in [6, 6.07) is 1.98. The third-order valence-corrected chi connectivity index (χ3v) is 3.67. The molecule has 1 atom stereocenters. The zero-order valence-corrected chi connectivity index (χ0v) is 12.5. The first kappa shape index (κ1) is 16.6. The minimum absolute atomic E-state index is 0.0200. The predicted octanol–water partition coefficient (Wildman–Crippen LogP) is 2.13. The van der Waals surface area contributed by atoms with Crippen molar-refractivity contribution in [2.75, 3.05) is 0 Å². The molecule has 0 bridgehead atoms. The minimum atomic E-state index is -4.01. The summed E-state index contributed by atoms with van der Waals surface area (Å²) in [7, 11) is -4.01. The molecule has 0 fully saturated rings. The first-order chi connectivity index (χ1) is 9.16. The van der Waals surface area contributed by atoms with Gasteiger partial charge in [0.05, 0.1) is 16.6 Å². The zero-order valence-electron chi connectivity index (χ0n) is 11.6. The summed E-state index contributed by atoms with van der Waals surface area (Å²) in [5.41, 5.74) is -0.399. The van der Waals surface area contributed by atoms with Gasteiger partial charge in [-0.3, -0.25) is 0 Å². The summed E-state index contributed by atoms with van der Waals surface area (Å²) >= 11 is 0. The van der Waals surface area contributed by atoms with Crippen molar-refractivity contribution in [1.29, 1.82) is 0 Å². The Balaban J connectivity index is 3.17. The van der Waals surface area contributed by atoms with Crippen molar-refractivity contribution >= 4 is 16.0 Å². The highest BCUT2D eigenvalue weighted by molar-refractivity contribution is 7.89. The molecule has 0 heterocycles. The van der Waals surface area contributed by atoms with Crippen molar-refractivity contribution in [3.8, 4) is 0 Å². The van der Waals surface area contributed by atoms with Crippen LogP contribution in [0, 0.1) is 12.7 Å². The fourth-order valence-corrected chi connectivity index (χ4v) is 2.38. The number of carbonyl (C=O) groups excluding carboxylic acids is 1. The highest BCUT2D eigenvalue weighted by Crippen LogP contribution is 2.20. The number of carbonyl (C=O) groups is 1. The van der Waals surface area contributed by atoms with Gasteiger partial charge >= 0.3 is 5.97 Å². The van der Waals surface area contributed by atoms with Crippen LogP contribution >= 0.6 is 0 Å². The summed E-state index contributed by atoms with van der Waals surface area (Å²) in [5, 5.41) is 4.99. The van der Waals surface area contributed by atoms with E-state index in [1.54, 1.807) is 6.92 Å². The summed E-state index contributed by atoms with van der Waals surface area (Å²) in [6.07, 6.45) is 1.08. The number of rotatable bonds is 5. The van der Waals surface area contributed by atoms with E-state index in [4.69, 9.17) is 9.88 Å². The molecule has 0 amide bonds. The molecule has 0 spiro atoms. The van der Waals surface area contributed by atoms with Crippen LogP contribution in [0.5, 0.6) is 0 Å². The third-order valence-electron chi connectivity index (χ3n) is 2.78. The molecule has 0 aromatic heterocycles. The number of esters is 1. The van der Waals surface area contributed by atoms with Gasteiger partial charge in [0.2, 0.25) is 10.0 Å². The molecule has 20 heavy (non-hydrogen) atoms. The number of primary sulfonamides is 1. The molecule has 0 radical (unpaired) electrons. The second kappa shape index (κ2) is 6.32. The maximum absolute atomic E-state index is 13.9. The van der Waals surface area contributed by atoms with Crippen LogP contribution in [0.25, 0.3) is 0 Å². The van der Waals surface area contributed by atoms with Crippen molar-refractivity contribution in [3.05, 3.63) is 29.1 Å². The highest BCUT2D eigenvalue weighted by Gasteiger charge is 2.21. The Labute approximate surface area is 118 Å². The van der Waals surface area contributed by atoms with Crippen LogP contribution in [0.2, 0.25) is 0 Å². The lowest BCUT2D eigenvalue weighted by Crippen LogP contribution is -2.18. The van der Waals surface area contributed by atoms with E-state index in [2.05, 4.69) is 0 Å². The van der Waals surface area contributed by atoms with E-state index in [1.165, 1.54) is 6.92 Å². The maximum atomic E-state index is 13.9. The molecule has 1 rings (SSSR count). The summed E-state index contributed by atoms with van der Waals surface area (Å²) in [4.78, 5) is 11.6. The topological polar surface area (TPSA) is 86.5 Å². The molecule has 1 aromatic carbocycles. The summed E-state index contributed by atoms with van der Waals surface area (Å²) < 4.78 is 41.6. The van der Waals surface area contributed by atoms with E-state index in [9.17, 15) is 17.6 Å². The molecule has 0 aliphatic heterocycles. The zero-order chi connectivity index (χ0) is 15.5. The van der Waals surface area contributed by atoms with Crippen LogP contribution in [0.3, 0.4) is 0 Å². The minimum Gasteiger partial charge on any atom is -0.459 e. The third kappa shape index (κ3) is 4.01. The standard InChI is InChI=1S/C13H18FNO4S/c1-4-5-9(3)19-13(16)11-7-10(20(15,17)18)6-8(2)12(11)14/h6-7,9H,4-5H2,1-3H3,(H2,15,17,18). The lowest BCUT2D eigenvalue weighted by Gasteiger charge is -2.13. The summed E-state index contributed by atoms with van der Waals surface area (Å²) in [6.45, 7) is 4.97. The molecule has 0 saturated carbocycles. The Hall–Kier alpha value is -1.47. The number of hydrogen-bond donors (Lipinski definition) is 1. The van der Waals surface area contributed by atoms with E-state index >= 15 is 0 Å². The average Bonchev–Trinajstić information content (AvgIpc) is 2.31. The first-order valence-electron chi connectivity index (χ1n) is 6.20. The second-order valence-electron chi connectivity index (χ2n) is 4.65. The van der Waals surface area contributed by atoms with Gasteiger partial charge in [-0.25, -0.2) is 22.7 Å². The Kier molecular flexibility index (Phi) is 5.24. The average molecular weight is 303 g/mol. The number of benzene rings is 1. The molecule has 1 aromatic rings. The SMILES string of the molecule is CCCC(C)OC(=O)c1cc(S(N)(=O)=O)cc(C)c1F. The molecule has 0 aliphatic rings.